The molecule has 2 rings (SSSR count). The average Bonchev–Trinajstić information content (AvgIpc) is 2.95. The van der Waals surface area contributed by atoms with Gasteiger partial charge < -0.3 is 5.32 Å². The van der Waals surface area contributed by atoms with Gasteiger partial charge in [-0.25, -0.2) is 0 Å². The van der Waals surface area contributed by atoms with Gasteiger partial charge in [-0.1, -0.05) is 39.0 Å². The summed E-state index contributed by atoms with van der Waals surface area (Å²) in [7, 11) is 2.15. The maximum absolute atomic E-state index is 3.55. The monoisotopic (exact) mass is 195 g/mol. The summed E-state index contributed by atoms with van der Waals surface area (Å²) in [4.78, 5) is 0. The summed E-state index contributed by atoms with van der Waals surface area (Å²) in [6.45, 7) is 2.46. The largest absolute Gasteiger partial charge is 0.316 e. The Morgan fingerprint density at radius 3 is 2.36 bits per heavy atom. The first-order valence-electron chi connectivity index (χ1n) is 6.42. The molecule has 1 unspecified atom stereocenters. The van der Waals surface area contributed by atoms with E-state index in [2.05, 4.69) is 19.3 Å². The third kappa shape index (κ3) is 2.31. The van der Waals surface area contributed by atoms with Crippen molar-refractivity contribution in [3.05, 3.63) is 0 Å². The van der Waals surface area contributed by atoms with E-state index in [1.165, 1.54) is 51.4 Å². The SMILES string of the molecule is CNC(CC1CCCCC1)C1(C)CC1. The molecule has 0 spiro atoms. The van der Waals surface area contributed by atoms with Gasteiger partial charge in [-0.15, -0.1) is 0 Å². The van der Waals surface area contributed by atoms with E-state index in [1.807, 2.05) is 0 Å². The fraction of sp³-hybridized carbons (Fsp3) is 1.00. The van der Waals surface area contributed by atoms with Gasteiger partial charge in [0.05, 0.1) is 0 Å². The van der Waals surface area contributed by atoms with Crippen LogP contribution in [-0.2, 0) is 0 Å². The Bertz CT molecular complexity index is 178. The lowest BCUT2D eigenvalue weighted by atomic mass is 9.81. The van der Waals surface area contributed by atoms with Gasteiger partial charge in [0, 0.05) is 6.04 Å². The van der Waals surface area contributed by atoms with Crippen LogP contribution in [0, 0.1) is 11.3 Å². The molecular formula is C13H25N. The number of hydrogen-bond donors (Lipinski definition) is 1. The zero-order chi connectivity index (χ0) is 10.0. The van der Waals surface area contributed by atoms with Crippen LogP contribution in [0.1, 0.15) is 58.3 Å². The molecule has 2 saturated carbocycles. The minimum atomic E-state index is 0.659. The molecule has 0 aliphatic heterocycles. The van der Waals surface area contributed by atoms with Gasteiger partial charge in [-0.2, -0.15) is 0 Å². The standard InChI is InChI=1S/C13H25N/c1-13(8-9-13)12(14-2)10-11-6-4-3-5-7-11/h11-12,14H,3-10H2,1-2H3. The lowest BCUT2D eigenvalue weighted by Gasteiger charge is -2.30. The summed E-state index contributed by atoms with van der Waals surface area (Å²) in [5, 5.41) is 3.55. The van der Waals surface area contributed by atoms with E-state index in [1.54, 1.807) is 0 Å². The zero-order valence-corrected chi connectivity index (χ0v) is 9.81. The Hall–Kier alpha value is -0.0400. The smallest absolute Gasteiger partial charge is 0.0120 e. The molecule has 1 heteroatoms. The first kappa shape index (κ1) is 10.5. The minimum absolute atomic E-state index is 0.659. The third-order valence-corrected chi connectivity index (χ3v) is 4.52. The van der Waals surface area contributed by atoms with E-state index < -0.39 is 0 Å². The Labute approximate surface area is 88.7 Å². The predicted molar refractivity (Wildman–Crippen MR) is 61.4 cm³/mol. The van der Waals surface area contributed by atoms with Crippen LogP contribution in [-0.4, -0.2) is 13.1 Å². The van der Waals surface area contributed by atoms with Gasteiger partial charge in [0.25, 0.3) is 0 Å². The van der Waals surface area contributed by atoms with Crippen molar-refractivity contribution in [1.82, 2.24) is 5.32 Å². The molecule has 0 aromatic carbocycles. The van der Waals surface area contributed by atoms with Crippen LogP contribution in [0.5, 0.6) is 0 Å². The predicted octanol–water partition coefficient (Wildman–Crippen LogP) is 3.34. The molecule has 2 fully saturated rings. The Morgan fingerprint density at radius 2 is 1.86 bits per heavy atom. The van der Waals surface area contributed by atoms with E-state index in [4.69, 9.17) is 0 Å². The third-order valence-electron chi connectivity index (χ3n) is 4.52. The van der Waals surface area contributed by atoms with Crippen molar-refractivity contribution in [2.24, 2.45) is 11.3 Å². The van der Waals surface area contributed by atoms with Crippen LogP contribution >= 0.6 is 0 Å². The molecule has 2 aliphatic rings. The maximum atomic E-state index is 3.55. The van der Waals surface area contributed by atoms with E-state index in [9.17, 15) is 0 Å². The summed E-state index contributed by atoms with van der Waals surface area (Å²) >= 11 is 0. The van der Waals surface area contributed by atoms with Gasteiger partial charge in [0.1, 0.15) is 0 Å². The highest BCUT2D eigenvalue weighted by atomic mass is 14.9. The molecule has 0 aromatic heterocycles. The quantitative estimate of drug-likeness (QED) is 0.725. The highest BCUT2D eigenvalue weighted by Crippen LogP contribution is 2.50. The lowest BCUT2D eigenvalue weighted by Crippen LogP contribution is -2.35. The second-order valence-electron chi connectivity index (χ2n) is 5.74. The summed E-state index contributed by atoms with van der Waals surface area (Å²) in [6.07, 6.45) is 11.8. The fourth-order valence-corrected chi connectivity index (χ4v) is 3.05. The van der Waals surface area contributed by atoms with Crippen LogP contribution < -0.4 is 5.32 Å². The van der Waals surface area contributed by atoms with Gasteiger partial charge in [-0.05, 0) is 37.6 Å². The molecule has 0 radical (unpaired) electrons. The molecule has 2 aliphatic carbocycles. The van der Waals surface area contributed by atoms with E-state index in [-0.39, 0.29) is 0 Å². The summed E-state index contributed by atoms with van der Waals surface area (Å²) in [5.41, 5.74) is 0.659. The summed E-state index contributed by atoms with van der Waals surface area (Å²) in [5.74, 6) is 1.03. The van der Waals surface area contributed by atoms with Crippen LogP contribution in [0.15, 0.2) is 0 Å². The van der Waals surface area contributed by atoms with Crippen molar-refractivity contribution in [2.75, 3.05) is 7.05 Å². The summed E-state index contributed by atoms with van der Waals surface area (Å²) < 4.78 is 0. The van der Waals surface area contributed by atoms with Gasteiger partial charge in [-0.3, -0.25) is 0 Å². The Kier molecular flexibility index (Phi) is 3.16. The fourth-order valence-electron chi connectivity index (χ4n) is 3.05. The molecule has 14 heavy (non-hydrogen) atoms. The normalized spacial score (nSPS) is 28.7. The molecule has 0 heterocycles. The average molecular weight is 195 g/mol. The number of rotatable bonds is 4. The van der Waals surface area contributed by atoms with Crippen molar-refractivity contribution >= 4 is 0 Å². The molecule has 1 nitrogen and oxygen atoms in total. The van der Waals surface area contributed by atoms with Gasteiger partial charge >= 0.3 is 0 Å². The first-order chi connectivity index (χ1) is 6.74. The van der Waals surface area contributed by atoms with Crippen LogP contribution in [0.4, 0.5) is 0 Å². The Balaban J connectivity index is 1.81. The maximum Gasteiger partial charge on any atom is 0.0120 e. The number of hydrogen-bond acceptors (Lipinski definition) is 1. The topological polar surface area (TPSA) is 12.0 Å². The molecule has 0 saturated heterocycles. The first-order valence-corrected chi connectivity index (χ1v) is 6.42. The molecule has 0 bridgehead atoms. The van der Waals surface area contributed by atoms with Gasteiger partial charge in [0.15, 0.2) is 0 Å². The van der Waals surface area contributed by atoms with Crippen molar-refractivity contribution in [3.8, 4) is 0 Å². The highest BCUT2D eigenvalue weighted by Gasteiger charge is 2.44. The minimum Gasteiger partial charge on any atom is -0.316 e. The molecule has 1 atom stereocenters. The highest BCUT2D eigenvalue weighted by molar-refractivity contribution is 4.99. The van der Waals surface area contributed by atoms with Crippen LogP contribution in [0.3, 0.4) is 0 Å². The van der Waals surface area contributed by atoms with E-state index in [0.717, 1.165) is 12.0 Å². The molecule has 0 amide bonds. The second-order valence-corrected chi connectivity index (χ2v) is 5.74. The van der Waals surface area contributed by atoms with Crippen molar-refractivity contribution in [2.45, 2.75) is 64.3 Å². The van der Waals surface area contributed by atoms with Crippen LogP contribution in [0.25, 0.3) is 0 Å². The van der Waals surface area contributed by atoms with Crippen LogP contribution in [0.2, 0.25) is 0 Å². The number of nitrogens with one attached hydrogen (secondary N) is 1. The van der Waals surface area contributed by atoms with E-state index in [0.29, 0.717) is 5.41 Å². The summed E-state index contributed by atoms with van der Waals surface area (Å²) in [6, 6.07) is 0.797. The molecule has 1 N–H and O–H groups in total. The molecule has 82 valence electrons. The second kappa shape index (κ2) is 4.22. The molecule has 0 aromatic rings. The van der Waals surface area contributed by atoms with Crippen molar-refractivity contribution < 1.29 is 0 Å². The van der Waals surface area contributed by atoms with Crippen molar-refractivity contribution in [1.29, 1.82) is 0 Å². The lowest BCUT2D eigenvalue weighted by molar-refractivity contribution is 0.255. The molecular weight excluding hydrogens is 170 g/mol. The van der Waals surface area contributed by atoms with Crippen molar-refractivity contribution in [3.63, 3.8) is 0 Å². The van der Waals surface area contributed by atoms with E-state index >= 15 is 0 Å². The zero-order valence-electron chi connectivity index (χ0n) is 9.81. The van der Waals surface area contributed by atoms with Gasteiger partial charge in [0.2, 0.25) is 0 Å². The Morgan fingerprint density at radius 1 is 1.21 bits per heavy atom.